The van der Waals surface area contributed by atoms with Crippen molar-refractivity contribution in [2.45, 2.75) is 4.90 Å². The summed E-state index contributed by atoms with van der Waals surface area (Å²) in [5.74, 6) is -0.461. The van der Waals surface area contributed by atoms with Crippen molar-refractivity contribution in [2.75, 3.05) is 63.8 Å². The molecule has 0 radical (unpaired) electrons. The lowest BCUT2D eigenvalue weighted by atomic mass is 10.2. The first kappa shape index (κ1) is 23.0. The highest BCUT2D eigenvalue weighted by molar-refractivity contribution is 7.89. The average Bonchev–Trinajstić information content (AvgIpc) is 2.80. The highest BCUT2D eigenvalue weighted by atomic mass is 35.5. The summed E-state index contributed by atoms with van der Waals surface area (Å²) in [6, 6.07) is 12.6. The minimum absolute atomic E-state index is 0.0174. The van der Waals surface area contributed by atoms with E-state index in [9.17, 15) is 17.6 Å². The molecule has 172 valence electrons. The van der Waals surface area contributed by atoms with Gasteiger partial charge in [0.15, 0.2) is 0 Å². The first-order valence-corrected chi connectivity index (χ1v) is 12.4. The van der Waals surface area contributed by atoms with Crippen LogP contribution in [-0.2, 0) is 14.8 Å². The van der Waals surface area contributed by atoms with E-state index in [-0.39, 0.29) is 23.9 Å². The van der Waals surface area contributed by atoms with Crippen molar-refractivity contribution in [2.24, 2.45) is 0 Å². The molecule has 4 rings (SSSR count). The van der Waals surface area contributed by atoms with E-state index in [0.717, 1.165) is 44.0 Å². The molecule has 2 aromatic rings. The molecule has 0 aromatic heterocycles. The highest BCUT2D eigenvalue weighted by Crippen LogP contribution is 2.20. The third-order valence-corrected chi connectivity index (χ3v) is 8.13. The molecule has 7 nitrogen and oxygen atoms in total. The third-order valence-electron chi connectivity index (χ3n) is 5.97. The molecule has 0 aliphatic carbocycles. The predicted octanol–water partition coefficient (Wildman–Crippen LogP) is 2.13. The second kappa shape index (κ2) is 9.74. The van der Waals surface area contributed by atoms with Gasteiger partial charge in [-0.3, -0.25) is 9.69 Å². The molecule has 2 aromatic carbocycles. The Balaban J connectivity index is 1.25. The van der Waals surface area contributed by atoms with Gasteiger partial charge in [-0.1, -0.05) is 11.6 Å². The molecule has 0 atom stereocenters. The highest BCUT2D eigenvalue weighted by Gasteiger charge is 2.31. The van der Waals surface area contributed by atoms with Gasteiger partial charge in [0.05, 0.1) is 11.4 Å². The summed E-state index contributed by atoms with van der Waals surface area (Å²) < 4.78 is 39.9. The summed E-state index contributed by atoms with van der Waals surface area (Å²) in [5, 5.41) is 0.712. The van der Waals surface area contributed by atoms with E-state index in [1.165, 1.54) is 16.4 Å². The molecule has 2 aliphatic heterocycles. The van der Waals surface area contributed by atoms with Crippen LogP contribution in [0.2, 0.25) is 5.02 Å². The number of amides is 1. The number of nitrogens with zero attached hydrogens (tertiary/aromatic N) is 4. The summed E-state index contributed by atoms with van der Waals surface area (Å²) in [7, 11) is -3.69. The molecular weight excluding hydrogens is 455 g/mol. The van der Waals surface area contributed by atoms with Crippen LogP contribution < -0.4 is 4.90 Å². The maximum absolute atomic E-state index is 13.1. The predicted molar refractivity (Wildman–Crippen MR) is 122 cm³/mol. The van der Waals surface area contributed by atoms with Crippen LogP contribution in [0.3, 0.4) is 0 Å². The number of benzene rings is 2. The Bertz CT molecular complexity index is 1030. The van der Waals surface area contributed by atoms with Crippen LogP contribution in [0.5, 0.6) is 0 Å². The van der Waals surface area contributed by atoms with Gasteiger partial charge in [0.2, 0.25) is 15.9 Å². The zero-order valence-electron chi connectivity index (χ0n) is 17.7. The number of rotatable bonds is 5. The van der Waals surface area contributed by atoms with Gasteiger partial charge in [-0.15, -0.1) is 0 Å². The van der Waals surface area contributed by atoms with Crippen LogP contribution >= 0.6 is 11.6 Å². The van der Waals surface area contributed by atoms with Gasteiger partial charge in [-0.25, -0.2) is 12.8 Å². The van der Waals surface area contributed by atoms with Gasteiger partial charge in [-0.2, -0.15) is 4.31 Å². The molecule has 0 N–H and O–H groups in total. The standard InChI is InChI=1S/C22H26ClFN4O3S/c23-18-1-5-20(6-2-18)26-11-9-25(10-12-26)17-22(29)27-13-15-28(16-14-27)32(30,31)21-7-3-19(24)4-8-21/h1-8H,9-17H2. The first-order valence-electron chi connectivity index (χ1n) is 10.6. The van der Waals surface area contributed by atoms with Gasteiger partial charge in [0.25, 0.3) is 0 Å². The van der Waals surface area contributed by atoms with Gasteiger partial charge in [-0.05, 0) is 48.5 Å². The van der Waals surface area contributed by atoms with Crippen LogP contribution in [0.25, 0.3) is 0 Å². The number of hydrogen-bond acceptors (Lipinski definition) is 5. The zero-order chi connectivity index (χ0) is 22.7. The maximum atomic E-state index is 13.1. The lowest BCUT2D eigenvalue weighted by Crippen LogP contribution is -2.54. The molecule has 10 heteroatoms. The molecule has 0 bridgehead atoms. The van der Waals surface area contributed by atoms with Gasteiger partial charge < -0.3 is 9.80 Å². The molecule has 0 saturated carbocycles. The number of halogens is 2. The monoisotopic (exact) mass is 480 g/mol. The quantitative estimate of drug-likeness (QED) is 0.656. The van der Waals surface area contributed by atoms with E-state index in [1.54, 1.807) is 4.90 Å². The van der Waals surface area contributed by atoms with Crippen molar-refractivity contribution in [3.05, 3.63) is 59.4 Å². The summed E-state index contributed by atoms with van der Waals surface area (Å²) in [4.78, 5) is 19.0. The SMILES string of the molecule is O=C(CN1CCN(c2ccc(Cl)cc2)CC1)N1CCN(S(=O)(=O)c2ccc(F)cc2)CC1. The molecule has 2 aliphatic rings. The fraction of sp³-hybridized carbons (Fsp3) is 0.409. The van der Waals surface area contributed by atoms with Gasteiger partial charge >= 0.3 is 0 Å². The van der Waals surface area contributed by atoms with Crippen LogP contribution in [0.1, 0.15) is 0 Å². The van der Waals surface area contributed by atoms with Gasteiger partial charge in [0, 0.05) is 63.1 Å². The number of hydrogen-bond donors (Lipinski definition) is 0. The fourth-order valence-corrected chi connectivity index (χ4v) is 5.59. The molecular formula is C22H26ClFN4O3S. The summed E-state index contributed by atoms with van der Waals surface area (Å²) in [5.41, 5.74) is 1.12. The van der Waals surface area contributed by atoms with Crippen LogP contribution in [0.4, 0.5) is 10.1 Å². The van der Waals surface area contributed by atoms with Crippen molar-refractivity contribution in [3.8, 4) is 0 Å². The van der Waals surface area contributed by atoms with Crippen molar-refractivity contribution in [1.29, 1.82) is 0 Å². The molecule has 0 spiro atoms. The Morgan fingerprint density at radius 1 is 0.844 bits per heavy atom. The van der Waals surface area contributed by atoms with Crippen molar-refractivity contribution in [3.63, 3.8) is 0 Å². The normalized spacial score (nSPS) is 18.7. The topological polar surface area (TPSA) is 64.2 Å². The fourth-order valence-electron chi connectivity index (χ4n) is 4.04. The molecule has 1 amide bonds. The summed E-state index contributed by atoms with van der Waals surface area (Å²) in [6.45, 7) is 4.73. The summed E-state index contributed by atoms with van der Waals surface area (Å²) in [6.07, 6.45) is 0. The number of anilines is 1. The largest absolute Gasteiger partial charge is 0.369 e. The second-order valence-electron chi connectivity index (χ2n) is 7.98. The average molecular weight is 481 g/mol. The van der Waals surface area contributed by atoms with E-state index >= 15 is 0 Å². The number of sulfonamides is 1. The van der Waals surface area contributed by atoms with Crippen molar-refractivity contribution in [1.82, 2.24) is 14.1 Å². The van der Waals surface area contributed by atoms with Crippen LogP contribution in [-0.4, -0.2) is 87.3 Å². The van der Waals surface area contributed by atoms with Crippen molar-refractivity contribution < 1.29 is 17.6 Å². The maximum Gasteiger partial charge on any atom is 0.243 e. The van der Waals surface area contributed by atoms with E-state index in [1.807, 2.05) is 24.3 Å². The van der Waals surface area contributed by atoms with E-state index in [2.05, 4.69) is 9.80 Å². The Hall–Kier alpha value is -2.20. The van der Waals surface area contributed by atoms with E-state index in [4.69, 9.17) is 11.6 Å². The Morgan fingerprint density at radius 3 is 2.03 bits per heavy atom. The third kappa shape index (κ3) is 5.23. The number of piperazine rings is 2. The smallest absolute Gasteiger partial charge is 0.243 e. The minimum Gasteiger partial charge on any atom is -0.369 e. The molecule has 0 unspecified atom stereocenters. The van der Waals surface area contributed by atoms with Crippen LogP contribution in [0.15, 0.2) is 53.4 Å². The Labute approximate surface area is 193 Å². The van der Waals surface area contributed by atoms with Gasteiger partial charge in [0.1, 0.15) is 5.82 Å². The van der Waals surface area contributed by atoms with E-state index in [0.29, 0.717) is 24.7 Å². The first-order chi connectivity index (χ1) is 15.3. The van der Waals surface area contributed by atoms with Crippen LogP contribution in [0, 0.1) is 5.82 Å². The molecule has 32 heavy (non-hydrogen) atoms. The van der Waals surface area contributed by atoms with E-state index < -0.39 is 15.8 Å². The summed E-state index contributed by atoms with van der Waals surface area (Å²) >= 11 is 5.96. The lowest BCUT2D eigenvalue weighted by Gasteiger charge is -2.38. The number of carbonyl (C=O) groups excluding carboxylic acids is 1. The lowest BCUT2D eigenvalue weighted by molar-refractivity contribution is -0.133. The second-order valence-corrected chi connectivity index (χ2v) is 10.4. The molecule has 2 saturated heterocycles. The Morgan fingerprint density at radius 2 is 1.44 bits per heavy atom. The molecule has 2 fully saturated rings. The Kier molecular flexibility index (Phi) is 6.99. The minimum atomic E-state index is -3.69. The zero-order valence-corrected chi connectivity index (χ0v) is 19.2. The van der Waals surface area contributed by atoms with Crippen molar-refractivity contribution >= 4 is 33.2 Å². The molecule has 2 heterocycles. The number of carbonyl (C=O) groups is 1.